The van der Waals surface area contributed by atoms with E-state index in [2.05, 4.69) is 11.1 Å². The SMILES string of the molecule is CC(=O)N1CCc2cccnc2C1. The van der Waals surface area contributed by atoms with Crippen LogP contribution >= 0.6 is 0 Å². The fraction of sp³-hybridized carbons (Fsp3) is 0.400. The summed E-state index contributed by atoms with van der Waals surface area (Å²) < 4.78 is 0. The second kappa shape index (κ2) is 3.17. The van der Waals surface area contributed by atoms with E-state index in [4.69, 9.17) is 0 Å². The molecule has 68 valence electrons. The number of fused-ring (bicyclic) bond motifs is 1. The molecule has 3 heteroatoms. The van der Waals surface area contributed by atoms with E-state index in [-0.39, 0.29) is 5.91 Å². The van der Waals surface area contributed by atoms with Crippen LogP contribution in [0.5, 0.6) is 0 Å². The molecule has 0 aliphatic carbocycles. The molecule has 0 N–H and O–H groups in total. The van der Waals surface area contributed by atoms with Gasteiger partial charge in [0.2, 0.25) is 5.91 Å². The Morgan fingerprint density at radius 3 is 3.23 bits per heavy atom. The highest BCUT2D eigenvalue weighted by Gasteiger charge is 2.17. The van der Waals surface area contributed by atoms with Gasteiger partial charge >= 0.3 is 0 Å². The quantitative estimate of drug-likeness (QED) is 0.590. The molecular weight excluding hydrogens is 164 g/mol. The second-order valence-electron chi connectivity index (χ2n) is 3.30. The Bertz CT molecular complexity index is 335. The summed E-state index contributed by atoms with van der Waals surface area (Å²) in [6, 6.07) is 4.03. The lowest BCUT2D eigenvalue weighted by molar-refractivity contribution is -0.129. The van der Waals surface area contributed by atoms with Crippen molar-refractivity contribution in [3.05, 3.63) is 29.6 Å². The molecule has 0 atom stereocenters. The third-order valence-corrected chi connectivity index (χ3v) is 2.42. The van der Waals surface area contributed by atoms with Gasteiger partial charge in [-0.15, -0.1) is 0 Å². The molecule has 0 aromatic carbocycles. The highest BCUT2D eigenvalue weighted by Crippen LogP contribution is 2.15. The first-order valence-corrected chi connectivity index (χ1v) is 4.45. The largest absolute Gasteiger partial charge is 0.337 e. The molecule has 0 bridgehead atoms. The van der Waals surface area contributed by atoms with Crippen LogP contribution in [0, 0.1) is 0 Å². The molecule has 0 spiro atoms. The van der Waals surface area contributed by atoms with Crippen molar-refractivity contribution >= 4 is 5.91 Å². The number of nitrogens with zero attached hydrogens (tertiary/aromatic N) is 2. The first-order valence-electron chi connectivity index (χ1n) is 4.45. The van der Waals surface area contributed by atoms with Gasteiger partial charge in [-0.2, -0.15) is 0 Å². The van der Waals surface area contributed by atoms with Crippen LogP contribution in [0.2, 0.25) is 0 Å². The maximum atomic E-state index is 11.1. The van der Waals surface area contributed by atoms with Crippen LogP contribution in [-0.4, -0.2) is 22.3 Å². The lowest BCUT2D eigenvalue weighted by atomic mass is 10.1. The summed E-state index contributed by atoms with van der Waals surface area (Å²) in [5.74, 6) is 0.135. The van der Waals surface area contributed by atoms with Crippen molar-refractivity contribution in [2.75, 3.05) is 6.54 Å². The summed E-state index contributed by atoms with van der Waals surface area (Å²) in [4.78, 5) is 17.2. The fourth-order valence-electron chi connectivity index (χ4n) is 1.63. The van der Waals surface area contributed by atoms with Crippen LogP contribution in [0.3, 0.4) is 0 Å². The molecule has 2 heterocycles. The average molecular weight is 176 g/mol. The van der Waals surface area contributed by atoms with Gasteiger partial charge in [0, 0.05) is 19.7 Å². The Hall–Kier alpha value is -1.38. The van der Waals surface area contributed by atoms with Crippen molar-refractivity contribution in [2.45, 2.75) is 19.9 Å². The summed E-state index contributed by atoms with van der Waals surface area (Å²) in [5.41, 5.74) is 2.32. The molecular formula is C10H12N2O. The van der Waals surface area contributed by atoms with E-state index in [0.717, 1.165) is 18.7 Å². The number of hydrogen-bond acceptors (Lipinski definition) is 2. The number of carbonyl (C=O) groups excluding carboxylic acids is 1. The molecule has 3 nitrogen and oxygen atoms in total. The highest BCUT2D eigenvalue weighted by atomic mass is 16.2. The van der Waals surface area contributed by atoms with Crippen LogP contribution in [0.4, 0.5) is 0 Å². The average Bonchev–Trinajstić information content (AvgIpc) is 2.17. The smallest absolute Gasteiger partial charge is 0.219 e. The van der Waals surface area contributed by atoms with E-state index < -0.39 is 0 Å². The van der Waals surface area contributed by atoms with Crippen molar-refractivity contribution in [1.29, 1.82) is 0 Å². The highest BCUT2D eigenvalue weighted by molar-refractivity contribution is 5.73. The molecule has 1 aromatic rings. The molecule has 0 saturated carbocycles. The Kier molecular flexibility index (Phi) is 2.00. The summed E-state index contributed by atoms with van der Waals surface area (Å²) in [7, 11) is 0. The predicted octanol–water partition coefficient (Wildman–Crippen LogP) is 0.986. The summed E-state index contributed by atoms with van der Waals surface area (Å²) in [6.07, 6.45) is 2.71. The molecule has 0 saturated heterocycles. The summed E-state index contributed by atoms with van der Waals surface area (Å²) >= 11 is 0. The van der Waals surface area contributed by atoms with Crippen molar-refractivity contribution in [1.82, 2.24) is 9.88 Å². The van der Waals surface area contributed by atoms with Crippen LogP contribution < -0.4 is 0 Å². The van der Waals surface area contributed by atoms with E-state index in [1.54, 1.807) is 13.1 Å². The van der Waals surface area contributed by atoms with Crippen molar-refractivity contribution in [3.8, 4) is 0 Å². The van der Waals surface area contributed by atoms with Gasteiger partial charge < -0.3 is 4.90 Å². The first-order chi connectivity index (χ1) is 6.27. The molecule has 0 radical (unpaired) electrons. The number of hydrogen-bond donors (Lipinski definition) is 0. The predicted molar refractivity (Wildman–Crippen MR) is 49.0 cm³/mol. The fourth-order valence-corrected chi connectivity index (χ4v) is 1.63. The standard InChI is InChI=1S/C10H12N2O/c1-8(13)12-6-4-9-3-2-5-11-10(9)7-12/h2-3,5H,4,6-7H2,1H3. The zero-order valence-corrected chi connectivity index (χ0v) is 7.66. The van der Waals surface area contributed by atoms with E-state index in [1.807, 2.05) is 11.0 Å². The number of aromatic nitrogens is 1. The van der Waals surface area contributed by atoms with Gasteiger partial charge in [-0.1, -0.05) is 6.07 Å². The van der Waals surface area contributed by atoms with Gasteiger partial charge in [0.15, 0.2) is 0 Å². The lowest BCUT2D eigenvalue weighted by Crippen LogP contribution is -2.34. The minimum Gasteiger partial charge on any atom is -0.337 e. The van der Waals surface area contributed by atoms with Crippen molar-refractivity contribution in [3.63, 3.8) is 0 Å². The minimum absolute atomic E-state index is 0.135. The Morgan fingerprint density at radius 2 is 2.46 bits per heavy atom. The molecule has 1 amide bonds. The minimum atomic E-state index is 0.135. The number of amides is 1. The molecule has 0 fully saturated rings. The number of carbonyl (C=O) groups is 1. The number of rotatable bonds is 0. The first kappa shape index (κ1) is 8.23. The topological polar surface area (TPSA) is 33.2 Å². The zero-order chi connectivity index (χ0) is 9.26. The van der Waals surface area contributed by atoms with E-state index in [1.165, 1.54) is 5.56 Å². The Balaban J connectivity index is 2.24. The zero-order valence-electron chi connectivity index (χ0n) is 7.66. The molecule has 1 aliphatic heterocycles. The van der Waals surface area contributed by atoms with Crippen molar-refractivity contribution in [2.24, 2.45) is 0 Å². The van der Waals surface area contributed by atoms with Crippen LogP contribution in [0.25, 0.3) is 0 Å². The molecule has 13 heavy (non-hydrogen) atoms. The van der Waals surface area contributed by atoms with Gasteiger partial charge in [0.25, 0.3) is 0 Å². The van der Waals surface area contributed by atoms with Crippen molar-refractivity contribution < 1.29 is 4.79 Å². The second-order valence-corrected chi connectivity index (χ2v) is 3.30. The third-order valence-electron chi connectivity index (χ3n) is 2.42. The Labute approximate surface area is 77.4 Å². The van der Waals surface area contributed by atoms with Gasteiger partial charge in [0.05, 0.1) is 12.2 Å². The van der Waals surface area contributed by atoms with Crippen LogP contribution in [0.1, 0.15) is 18.2 Å². The normalized spacial score (nSPS) is 15.3. The van der Waals surface area contributed by atoms with Crippen LogP contribution in [-0.2, 0) is 17.8 Å². The van der Waals surface area contributed by atoms with Gasteiger partial charge in [-0.05, 0) is 18.1 Å². The summed E-state index contributed by atoms with van der Waals surface area (Å²) in [6.45, 7) is 3.10. The van der Waals surface area contributed by atoms with Gasteiger partial charge in [-0.25, -0.2) is 0 Å². The third kappa shape index (κ3) is 1.54. The molecule has 1 aromatic heterocycles. The van der Waals surface area contributed by atoms with Crippen LogP contribution in [0.15, 0.2) is 18.3 Å². The Morgan fingerprint density at radius 1 is 1.62 bits per heavy atom. The maximum absolute atomic E-state index is 11.1. The van der Waals surface area contributed by atoms with E-state index in [9.17, 15) is 4.79 Å². The van der Waals surface area contributed by atoms with Gasteiger partial charge in [-0.3, -0.25) is 9.78 Å². The summed E-state index contributed by atoms with van der Waals surface area (Å²) in [5, 5.41) is 0. The van der Waals surface area contributed by atoms with Gasteiger partial charge in [0.1, 0.15) is 0 Å². The molecule has 2 rings (SSSR count). The molecule has 0 unspecified atom stereocenters. The monoisotopic (exact) mass is 176 g/mol. The lowest BCUT2D eigenvalue weighted by Gasteiger charge is -2.26. The van der Waals surface area contributed by atoms with E-state index in [0.29, 0.717) is 6.54 Å². The maximum Gasteiger partial charge on any atom is 0.219 e. The number of pyridine rings is 1. The van der Waals surface area contributed by atoms with E-state index >= 15 is 0 Å². The molecule has 1 aliphatic rings.